The Morgan fingerprint density at radius 3 is 2.74 bits per heavy atom. The molecule has 1 aliphatic carbocycles. The summed E-state index contributed by atoms with van der Waals surface area (Å²) in [6.45, 7) is 6.10. The van der Waals surface area contributed by atoms with Crippen LogP contribution in [0.4, 0.5) is 0 Å². The van der Waals surface area contributed by atoms with Gasteiger partial charge in [0.2, 0.25) is 0 Å². The van der Waals surface area contributed by atoms with Crippen LogP contribution in [0.2, 0.25) is 0 Å². The van der Waals surface area contributed by atoms with Gasteiger partial charge in [0.05, 0.1) is 12.1 Å². The first-order valence-electron chi connectivity index (χ1n) is 7.39. The number of ether oxygens (including phenoxy) is 1. The monoisotopic (exact) mass is 266 g/mol. The molecule has 0 saturated heterocycles. The van der Waals surface area contributed by atoms with Crippen molar-refractivity contribution in [3.05, 3.63) is 12.2 Å². The molecule has 1 N–H and O–H groups in total. The molecule has 1 heterocycles. The highest BCUT2D eigenvalue weighted by molar-refractivity contribution is 4.90. The lowest BCUT2D eigenvalue weighted by atomic mass is 9.87. The molecule has 0 spiro atoms. The first-order valence-corrected chi connectivity index (χ1v) is 7.39. The van der Waals surface area contributed by atoms with Crippen molar-refractivity contribution in [3.8, 4) is 0 Å². The molecule has 5 nitrogen and oxygen atoms in total. The molecule has 1 aliphatic rings. The maximum absolute atomic E-state index is 5.69. The second kappa shape index (κ2) is 7.01. The normalized spacial score (nSPS) is 25.4. The number of nitrogens with one attached hydrogen (secondary N) is 1. The number of rotatable bonds is 6. The van der Waals surface area contributed by atoms with E-state index in [0.29, 0.717) is 6.10 Å². The van der Waals surface area contributed by atoms with Crippen LogP contribution in [0.3, 0.4) is 0 Å². The lowest BCUT2D eigenvalue weighted by Gasteiger charge is -2.29. The lowest BCUT2D eigenvalue weighted by molar-refractivity contribution is 0.0255. The minimum Gasteiger partial charge on any atom is -0.379 e. The third-order valence-electron chi connectivity index (χ3n) is 3.91. The van der Waals surface area contributed by atoms with Gasteiger partial charge in [-0.25, -0.2) is 4.98 Å². The molecule has 0 amide bonds. The molecule has 1 aromatic heterocycles. The number of hydrogen-bond acceptors (Lipinski definition) is 4. The lowest BCUT2D eigenvalue weighted by Crippen LogP contribution is -2.31. The fourth-order valence-corrected chi connectivity index (χ4v) is 2.73. The molecule has 1 saturated carbocycles. The summed E-state index contributed by atoms with van der Waals surface area (Å²) >= 11 is 0. The van der Waals surface area contributed by atoms with Crippen molar-refractivity contribution in [2.75, 3.05) is 13.2 Å². The van der Waals surface area contributed by atoms with Gasteiger partial charge in [-0.05, 0) is 52.0 Å². The number of nitrogens with zero attached hydrogens (tertiary/aromatic N) is 3. The molecule has 108 valence electrons. The third kappa shape index (κ3) is 4.28. The molecule has 0 aliphatic heterocycles. The van der Waals surface area contributed by atoms with Crippen molar-refractivity contribution in [2.45, 2.75) is 51.7 Å². The third-order valence-corrected chi connectivity index (χ3v) is 3.91. The van der Waals surface area contributed by atoms with E-state index >= 15 is 0 Å². The average Bonchev–Trinajstić information content (AvgIpc) is 2.85. The van der Waals surface area contributed by atoms with Gasteiger partial charge in [-0.15, -0.1) is 0 Å². The summed E-state index contributed by atoms with van der Waals surface area (Å²) in [5, 5.41) is 7.88. The summed E-state index contributed by atoms with van der Waals surface area (Å²) in [6.07, 6.45) is 7.18. The summed E-state index contributed by atoms with van der Waals surface area (Å²) < 4.78 is 7.44. The smallest absolute Gasteiger partial charge is 0.167 e. The van der Waals surface area contributed by atoms with Crippen molar-refractivity contribution in [1.29, 1.82) is 0 Å². The van der Waals surface area contributed by atoms with E-state index in [-0.39, 0.29) is 6.04 Å². The largest absolute Gasteiger partial charge is 0.379 e. The van der Waals surface area contributed by atoms with Gasteiger partial charge in [0.15, 0.2) is 5.82 Å². The maximum Gasteiger partial charge on any atom is 0.167 e. The second-order valence-corrected chi connectivity index (χ2v) is 5.50. The molecule has 1 aromatic rings. The molecule has 1 atom stereocenters. The quantitative estimate of drug-likeness (QED) is 0.856. The van der Waals surface area contributed by atoms with Gasteiger partial charge in [0, 0.05) is 13.7 Å². The van der Waals surface area contributed by atoms with E-state index in [4.69, 9.17) is 4.74 Å². The highest BCUT2D eigenvalue weighted by Crippen LogP contribution is 2.26. The molecule has 19 heavy (non-hydrogen) atoms. The number of aromatic nitrogens is 3. The van der Waals surface area contributed by atoms with E-state index in [0.717, 1.165) is 24.9 Å². The molecule has 5 heteroatoms. The molecular weight excluding hydrogens is 240 g/mol. The summed E-state index contributed by atoms with van der Waals surface area (Å²) in [5.74, 6) is 1.65. The molecule has 2 rings (SSSR count). The SMILES string of the molecule is CCOC1CCC(CNC(C)c2ncn(C)n2)CC1. The van der Waals surface area contributed by atoms with Gasteiger partial charge in [-0.2, -0.15) is 5.10 Å². The molecule has 0 bridgehead atoms. The molecule has 1 fully saturated rings. The molecule has 0 aromatic carbocycles. The Kier molecular flexibility index (Phi) is 5.34. The topological polar surface area (TPSA) is 52.0 Å². The van der Waals surface area contributed by atoms with Gasteiger partial charge >= 0.3 is 0 Å². The van der Waals surface area contributed by atoms with Crippen LogP contribution in [0.25, 0.3) is 0 Å². The number of aryl methyl sites for hydroxylation is 1. The van der Waals surface area contributed by atoms with Crippen LogP contribution in [0.5, 0.6) is 0 Å². The Morgan fingerprint density at radius 2 is 2.16 bits per heavy atom. The predicted octanol–water partition coefficient (Wildman–Crippen LogP) is 2.06. The number of hydrogen-bond donors (Lipinski definition) is 1. The molecular formula is C14H26N4O. The Labute approximate surface area is 115 Å². The highest BCUT2D eigenvalue weighted by atomic mass is 16.5. The van der Waals surface area contributed by atoms with Crippen LogP contribution < -0.4 is 5.32 Å². The second-order valence-electron chi connectivity index (χ2n) is 5.50. The Bertz CT molecular complexity index is 371. The van der Waals surface area contributed by atoms with Crippen molar-refractivity contribution in [1.82, 2.24) is 20.1 Å². The van der Waals surface area contributed by atoms with Gasteiger partial charge < -0.3 is 10.1 Å². The van der Waals surface area contributed by atoms with E-state index < -0.39 is 0 Å². The summed E-state index contributed by atoms with van der Waals surface area (Å²) in [6, 6.07) is 0.228. The highest BCUT2D eigenvalue weighted by Gasteiger charge is 2.22. The zero-order valence-corrected chi connectivity index (χ0v) is 12.3. The predicted molar refractivity (Wildman–Crippen MR) is 74.8 cm³/mol. The van der Waals surface area contributed by atoms with E-state index in [9.17, 15) is 0 Å². The molecule has 1 unspecified atom stereocenters. The van der Waals surface area contributed by atoms with Crippen molar-refractivity contribution >= 4 is 0 Å². The van der Waals surface area contributed by atoms with Crippen LogP contribution in [0, 0.1) is 5.92 Å². The van der Waals surface area contributed by atoms with Crippen molar-refractivity contribution in [3.63, 3.8) is 0 Å². The minimum atomic E-state index is 0.228. The zero-order valence-electron chi connectivity index (χ0n) is 12.3. The van der Waals surface area contributed by atoms with Crippen LogP contribution in [0.1, 0.15) is 51.4 Å². The van der Waals surface area contributed by atoms with Crippen LogP contribution in [-0.4, -0.2) is 34.0 Å². The summed E-state index contributed by atoms with van der Waals surface area (Å²) in [4.78, 5) is 4.29. The minimum absolute atomic E-state index is 0.228. The van der Waals surface area contributed by atoms with Gasteiger partial charge in [0.1, 0.15) is 6.33 Å². The zero-order chi connectivity index (χ0) is 13.7. The van der Waals surface area contributed by atoms with Crippen LogP contribution >= 0.6 is 0 Å². The van der Waals surface area contributed by atoms with Gasteiger partial charge in [-0.1, -0.05) is 0 Å². The standard InChI is InChI=1S/C14H26N4O/c1-4-19-13-7-5-12(6-8-13)9-15-11(2)14-16-10-18(3)17-14/h10-13,15H,4-9H2,1-3H3. The van der Waals surface area contributed by atoms with Crippen LogP contribution in [0.15, 0.2) is 6.33 Å². The Hall–Kier alpha value is -0.940. The van der Waals surface area contributed by atoms with Crippen molar-refractivity contribution < 1.29 is 4.74 Å². The van der Waals surface area contributed by atoms with E-state index in [1.54, 1.807) is 11.0 Å². The van der Waals surface area contributed by atoms with Gasteiger partial charge in [-0.3, -0.25) is 4.68 Å². The summed E-state index contributed by atoms with van der Waals surface area (Å²) in [5.41, 5.74) is 0. The van der Waals surface area contributed by atoms with E-state index in [1.165, 1.54) is 25.7 Å². The fraction of sp³-hybridized carbons (Fsp3) is 0.857. The molecule has 0 radical (unpaired) electrons. The fourth-order valence-electron chi connectivity index (χ4n) is 2.73. The average molecular weight is 266 g/mol. The van der Waals surface area contributed by atoms with E-state index in [1.807, 2.05) is 7.05 Å². The Morgan fingerprint density at radius 1 is 1.42 bits per heavy atom. The van der Waals surface area contributed by atoms with Gasteiger partial charge in [0.25, 0.3) is 0 Å². The van der Waals surface area contributed by atoms with E-state index in [2.05, 4.69) is 29.2 Å². The first kappa shape index (κ1) is 14.5. The van der Waals surface area contributed by atoms with Crippen molar-refractivity contribution in [2.24, 2.45) is 13.0 Å². The summed E-state index contributed by atoms with van der Waals surface area (Å²) in [7, 11) is 1.90. The Balaban J connectivity index is 1.69. The first-order chi connectivity index (χ1) is 9.19. The maximum atomic E-state index is 5.69. The van der Waals surface area contributed by atoms with Crippen LogP contribution in [-0.2, 0) is 11.8 Å².